The smallest absolute Gasteiger partial charge is 0.274 e. The number of carbonyl (C=O) groups is 1. The van der Waals surface area contributed by atoms with Gasteiger partial charge in [-0.15, -0.1) is 0 Å². The first-order chi connectivity index (χ1) is 12.5. The summed E-state index contributed by atoms with van der Waals surface area (Å²) in [6.07, 6.45) is 3.30. The van der Waals surface area contributed by atoms with Crippen LogP contribution in [0.3, 0.4) is 0 Å². The van der Waals surface area contributed by atoms with Crippen LogP contribution in [0.4, 0.5) is 4.39 Å². The largest absolute Gasteiger partial charge is 0.490 e. The van der Waals surface area contributed by atoms with Gasteiger partial charge in [0.05, 0.1) is 6.54 Å². The summed E-state index contributed by atoms with van der Waals surface area (Å²) < 4.78 is 20.6. The minimum Gasteiger partial charge on any atom is -0.490 e. The van der Waals surface area contributed by atoms with Crippen molar-refractivity contribution in [1.29, 1.82) is 0 Å². The molecule has 0 radical (unpaired) electrons. The standard InChI is InChI=1S/C19H22FN3O3/c1-22-16-7-3-6-15(16)17(21-22)18(24)23-9-8-19(25,11-23)12-26-14-5-2-4-13(20)10-14/h2,4-5,10,25H,3,6-9,11-12H2,1H3/t19-/m1/s1. The van der Waals surface area contributed by atoms with E-state index in [1.165, 1.54) is 12.1 Å². The van der Waals surface area contributed by atoms with Crippen LogP contribution in [0.25, 0.3) is 0 Å². The molecule has 6 nitrogen and oxygen atoms in total. The minimum atomic E-state index is -1.14. The van der Waals surface area contributed by atoms with Crippen LogP contribution in [0.1, 0.15) is 34.6 Å². The highest BCUT2D eigenvalue weighted by molar-refractivity contribution is 5.94. The fourth-order valence-electron chi connectivity index (χ4n) is 3.85. The average Bonchev–Trinajstić information content (AvgIpc) is 3.31. The molecule has 0 spiro atoms. The van der Waals surface area contributed by atoms with Crippen LogP contribution in [0, 0.1) is 5.82 Å². The van der Waals surface area contributed by atoms with Gasteiger partial charge in [0.2, 0.25) is 0 Å². The predicted octanol–water partition coefficient (Wildman–Crippen LogP) is 1.70. The molecule has 2 aliphatic rings. The van der Waals surface area contributed by atoms with Crippen molar-refractivity contribution >= 4 is 5.91 Å². The van der Waals surface area contributed by atoms with Gasteiger partial charge in [-0.05, 0) is 37.8 Å². The van der Waals surface area contributed by atoms with Crippen LogP contribution < -0.4 is 4.74 Å². The lowest BCUT2D eigenvalue weighted by molar-refractivity contribution is 0.00415. The number of β-amino-alcohol motifs (C(OH)–C–C–N with tert-alkyl or cyclic N) is 1. The third kappa shape index (κ3) is 3.07. The molecule has 1 saturated heterocycles. The van der Waals surface area contributed by atoms with E-state index >= 15 is 0 Å². The molecule has 1 atom stereocenters. The number of halogens is 1. The highest BCUT2D eigenvalue weighted by atomic mass is 19.1. The fraction of sp³-hybridized carbons (Fsp3) is 0.474. The van der Waals surface area contributed by atoms with Crippen molar-refractivity contribution in [1.82, 2.24) is 14.7 Å². The monoisotopic (exact) mass is 359 g/mol. The maximum Gasteiger partial charge on any atom is 0.274 e. The summed E-state index contributed by atoms with van der Waals surface area (Å²) in [5.74, 6) is -0.155. The molecule has 1 aliphatic heterocycles. The molecule has 1 aliphatic carbocycles. The van der Waals surface area contributed by atoms with Gasteiger partial charge in [0, 0.05) is 30.9 Å². The van der Waals surface area contributed by atoms with Crippen molar-refractivity contribution in [2.45, 2.75) is 31.3 Å². The maximum atomic E-state index is 13.2. The molecule has 1 amide bonds. The zero-order valence-corrected chi connectivity index (χ0v) is 14.7. The molecule has 1 aromatic carbocycles. The van der Waals surface area contributed by atoms with Gasteiger partial charge < -0.3 is 14.7 Å². The fourth-order valence-corrected chi connectivity index (χ4v) is 3.85. The lowest BCUT2D eigenvalue weighted by Gasteiger charge is -2.23. The Bertz CT molecular complexity index is 851. The number of hydrogen-bond acceptors (Lipinski definition) is 4. The van der Waals surface area contributed by atoms with Gasteiger partial charge in [0.1, 0.15) is 23.8 Å². The van der Waals surface area contributed by atoms with Gasteiger partial charge in [0.25, 0.3) is 5.91 Å². The zero-order valence-electron chi connectivity index (χ0n) is 14.7. The Labute approximate surface area is 151 Å². The van der Waals surface area contributed by atoms with E-state index in [2.05, 4.69) is 5.10 Å². The van der Waals surface area contributed by atoms with E-state index < -0.39 is 5.60 Å². The number of hydrogen-bond donors (Lipinski definition) is 1. The molecule has 26 heavy (non-hydrogen) atoms. The molecule has 7 heteroatoms. The summed E-state index contributed by atoms with van der Waals surface area (Å²) in [6, 6.07) is 5.81. The second kappa shape index (κ2) is 6.39. The number of aromatic nitrogens is 2. The molecular weight excluding hydrogens is 337 g/mol. The van der Waals surface area contributed by atoms with Crippen molar-refractivity contribution in [3.05, 3.63) is 47.0 Å². The molecule has 0 saturated carbocycles. The Morgan fingerprint density at radius 2 is 2.27 bits per heavy atom. The molecule has 138 valence electrons. The van der Waals surface area contributed by atoms with E-state index in [0.29, 0.717) is 24.4 Å². The summed E-state index contributed by atoms with van der Waals surface area (Å²) in [4.78, 5) is 14.5. The van der Waals surface area contributed by atoms with E-state index in [-0.39, 0.29) is 24.9 Å². The first-order valence-corrected chi connectivity index (χ1v) is 8.90. The Kier molecular flexibility index (Phi) is 4.19. The van der Waals surface area contributed by atoms with Gasteiger partial charge in [-0.1, -0.05) is 6.07 Å². The number of carbonyl (C=O) groups excluding carboxylic acids is 1. The van der Waals surface area contributed by atoms with Crippen LogP contribution in [0.5, 0.6) is 5.75 Å². The number of amides is 1. The number of aryl methyl sites for hydroxylation is 1. The van der Waals surface area contributed by atoms with Crippen LogP contribution >= 0.6 is 0 Å². The van der Waals surface area contributed by atoms with Crippen molar-refractivity contribution in [2.24, 2.45) is 7.05 Å². The minimum absolute atomic E-state index is 0.0144. The van der Waals surface area contributed by atoms with Gasteiger partial charge in [-0.3, -0.25) is 9.48 Å². The van der Waals surface area contributed by atoms with E-state index in [0.717, 1.165) is 30.5 Å². The highest BCUT2D eigenvalue weighted by Gasteiger charge is 2.41. The van der Waals surface area contributed by atoms with Crippen molar-refractivity contribution in [2.75, 3.05) is 19.7 Å². The Morgan fingerprint density at radius 1 is 1.42 bits per heavy atom. The molecule has 2 aromatic rings. The van der Waals surface area contributed by atoms with Gasteiger partial charge >= 0.3 is 0 Å². The normalized spacial score (nSPS) is 21.9. The lowest BCUT2D eigenvalue weighted by atomic mass is 10.1. The summed E-state index contributed by atoms with van der Waals surface area (Å²) in [6.45, 7) is 0.653. The molecule has 1 N–H and O–H groups in total. The Morgan fingerprint density at radius 3 is 3.08 bits per heavy atom. The second-order valence-corrected chi connectivity index (χ2v) is 7.20. The summed E-state index contributed by atoms with van der Waals surface area (Å²) in [7, 11) is 1.87. The third-order valence-electron chi connectivity index (χ3n) is 5.24. The zero-order chi connectivity index (χ0) is 18.3. The summed E-state index contributed by atoms with van der Waals surface area (Å²) in [5, 5.41) is 15.1. The van der Waals surface area contributed by atoms with E-state index in [4.69, 9.17) is 4.74 Å². The molecule has 1 fully saturated rings. The molecule has 0 bridgehead atoms. The third-order valence-corrected chi connectivity index (χ3v) is 5.24. The van der Waals surface area contributed by atoms with Gasteiger partial charge in [-0.2, -0.15) is 5.10 Å². The number of benzene rings is 1. The van der Waals surface area contributed by atoms with Gasteiger partial charge in [0.15, 0.2) is 5.69 Å². The number of nitrogens with zero attached hydrogens (tertiary/aromatic N) is 3. The van der Waals surface area contributed by atoms with Crippen LogP contribution in [0.15, 0.2) is 24.3 Å². The summed E-state index contributed by atoms with van der Waals surface area (Å²) in [5.41, 5.74) is 1.55. The quantitative estimate of drug-likeness (QED) is 0.902. The second-order valence-electron chi connectivity index (χ2n) is 7.20. The number of ether oxygens (including phenoxy) is 1. The number of rotatable bonds is 4. The van der Waals surface area contributed by atoms with Crippen LogP contribution in [0.2, 0.25) is 0 Å². The average molecular weight is 359 g/mol. The topological polar surface area (TPSA) is 67.6 Å². The molecule has 4 rings (SSSR count). The first kappa shape index (κ1) is 17.0. The predicted molar refractivity (Wildman–Crippen MR) is 92.6 cm³/mol. The lowest BCUT2D eigenvalue weighted by Crippen LogP contribution is -2.41. The SMILES string of the molecule is Cn1nc(C(=O)N2CC[C@](O)(COc3cccc(F)c3)C2)c2c1CCC2. The van der Waals surface area contributed by atoms with Gasteiger partial charge in [-0.25, -0.2) is 4.39 Å². The van der Waals surface area contributed by atoms with Crippen molar-refractivity contribution in [3.63, 3.8) is 0 Å². The molecule has 1 aromatic heterocycles. The van der Waals surface area contributed by atoms with Crippen molar-refractivity contribution in [3.8, 4) is 5.75 Å². The maximum absolute atomic E-state index is 13.2. The van der Waals surface area contributed by atoms with E-state index in [1.807, 2.05) is 7.05 Å². The van der Waals surface area contributed by atoms with E-state index in [1.54, 1.807) is 21.7 Å². The Balaban J connectivity index is 1.43. The number of fused-ring (bicyclic) bond motifs is 1. The van der Waals surface area contributed by atoms with Crippen LogP contribution in [-0.2, 0) is 19.9 Å². The molecular formula is C19H22FN3O3. The van der Waals surface area contributed by atoms with E-state index in [9.17, 15) is 14.3 Å². The summed E-state index contributed by atoms with van der Waals surface area (Å²) >= 11 is 0. The Hall–Kier alpha value is -2.41. The first-order valence-electron chi connectivity index (χ1n) is 8.90. The van der Waals surface area contributed by atoms with Crippen LogP contribution in [-0.4, -0.2) is 51.0 Å². The number of likely N-dealkylation sites (tertiary alicyclic amines) is 1. The molecule has 0 unspecified atom stereocenters. The van der Waals surface area contributed by atoms with Crippen molar-refractivity contribution < 1.29 is 19.0 Å². The number of aliphatic hydroxyl groups is 1. The highest BCUT2D eigenvalue weighted by Crippen LogP contribution is 2.29. The molecule has 2 heterocycles.